The predicted molar refractivity (Wildman–Crippen MR) is 75.3 cm³/mol. The van der Waals surface area contributed by atoms with Crippen molar-refractivity contribution >= 4 is 17.4 Å². The van der Waals surface area contributed by atoms with Gasteiger partial charge < -0.3 is 14.9 Å². The van der Waals surface area contributed by atoms with Gasteiger partial charge in [-0.25, -0.2) is 0 Å². The minimum atomic E-state index is 0.604. The molecule has 19 heavy (non-hydrogen) atoms. The third-order valence-electron chi connectivity index (χ3n) is 2.46. The van der Waals surface area contributed by atoms with Gasteiger partial charge in [-0.1, -0.05) is 6.92 Å². The quantitative estimate of drug-likeness (QED) is 0.647. The molecule has 0 aliphatic rings. The Bertz CT molecular complexity index is 542. The SMILES string of the molecule is CCOc1ccc(N)c(SCc2nnc(CC)o2)c1. The standard InChI is InChI=1S/C13H17N3O2S/c1-3-12-15-16-13(18-12)8-19-11-7-9(17-4-2)5-6-10(11)14/h5-7H,3-4,8,14H2,1-2H3. The van der Waals surface area contributed by atoms with Crippen LogP contribution < -0.4 is 10.5 Å². The number of ether oxygens (including phenoxy) is 1. The molecule has 0 fully saturated rings. The van der Waals surface area contributed by atoms with E-state index < -0.39 is 0 Å². The molecule has 102 valence electrons. The second-order valence-corrected chi connectivity index (χ2v) is 4.88. The lowest BCUT2D eigenvalue weighted by molar-refractivity contribution is 0.339. The van der Waals surface area contributed by atoms with Crippen LogP contribution in [0.2, 0.25) is 0 Å². The van der Waals surface area contributed by atoms with Gasteiger partial charge in [0.1, 0.15) is 5.75 Å². The normalized spacial score (nSPS) is 10.6. The van der Waals surface area contributed by atoms with Crippen molar-refractivity contribution in [3.8, 4) is 5.75 Å². The topological polar surface area (TPSA) is 74.2 Å². The van der Waals surface area contributed by atoms with E-state index in [1.165, 1.54) is 0 Å². The van der Waals surface area contributed by atoms with Gasteiger partial charge in [-0.3, -0.25) is 0 Å². The highest BCUT2D eigenvalue weighted by atomic mass is 32.2. The predicted octanol–water partition coefficient (Wildman–Crippen LogP) is 2.91. The fraction of sp³-hybridized carbons (Fsp3) is 0.385. The maximum absolute atomic E-state index is 5.94. The van der Waals surface area contributed by atoms with Gasteiger partial charge >= 0.3 is 0 Å². The first kappa shape index (κ1) is 13.7. The first-order valence-electron chi connectivity index (χ1n) is 6.19. The van der Waals surface area contributed by atoms with E-state index in [1.807, 2.05) is 32.0 Å². The number of rotatable bonds is 6. The summed E-state index contributed by atoms with van der Waals surface area (Å²) in [6.07, 6.45) is 0.750. The summed E-state index contributed by atoms with van der Waals surface area (Å²) >= 11 is 1.56. The minimum absolute atomic E-state index is 0.604. The summed E-state index contributed by atoms with van der Waals surface area (Å²) in [5.41, 5.74) is 6.66. The summed E-state index contributed by atoms with van der Waals surface area (Å²) in [5.74, 6) is 2.70. The lowest BCUT2D eigenvalue weighted by Crippen LogP contribution is -1.94. The van der Waals surface area contributed by atoms with Crippen molar-refractivity contribution in [1.82, 2.24) is 10.2 Å². The zero-order valence-electron chi connectivity index (χ0n) is 11.0. The van der Waals surface area contributed by atoms with Crippen LogP contribution in [0, 0.1) is 0 Å². The number of nitrogen functional groups attached to an aromatic ring is 1. The molecular formula is C13H17N3O2S. The van der Waals surface area contributed by atoms with Crippen molar-refractivity contribution < 1.29 is 9.15 Å². The zero-order chi connectivity index (χ0) is 13.7. The lowest BCUT2D eigenvalue weighted by Gasteiger charge is -2.07. The Balaban J connectivity index is 2.03. The first-order chi connectivity index (χ1) is 9.22. The van der Waals surface area contributed by atoms with Gasteiger partial charge in [0, 0.05) is 17.0 Å². The third kappa shape index (κ3) is 3.64. The lowest BCUT2D eigenvalue weighted by atomic mass is 10.3. The molecule has 5 nitrogen and oxygen atoms in total. The number of thioether (sulfide) groups is 1. The van der Waals surface area contributed by atoms with Crippen LogP contribution in [0.4, 0.5) is 5.69 Å². The number of benzene rings is 1. The molecule has 0 radical (unpaired) electrons. The Morgan fingerprint density at radius 3 is 2.74 bits per heavy atom. The molecule has 0 saturated heterocycles. The highest BCUT2D eigenvalue weighted by Gasteiger charge is 2.08. The Morgan fingerprint density at radius 1 is 1.26 bits per heavy atom. The van der Waals surface area contributed by atoms with Gasteiger partial charge in [-0.05, 0) is 25.1 Å². The van der Waals surface area contributed by atoms with Crippen LogP contribution in [-0.2, 0) is 12.2 Å². The van der Waals surface area contributed by atoms with Crippen LogP contribution in [-0.4, -0.2) is 16.8 Å². The highest BCUT2D eigenvalue weighted by molar-refractivity contribution is 7.98. The summed E-state index contributed by atoms with van der Waals surface area (Å²) in [7, 11) is 0. The van der Waals surface area contributed by atoms with E-state index >= 15 is 0 Å². The van der Waals surface area contributed by atoms with Crippen molar-refractivity contribution in [3.05, 3.63) is 30.0 Å². The summed E-state index contributed by atoms with van der Waals surface area (Å²) in [6.45, 7) is 4.57. The number of aryl methyl sites for hydroxylation is 1. The summed E-state index contributed by atoms with van der Waals surface area (Å²) in [4.78, 5) is 0.960. The fourth-order valence-corrected chi connectivity index (χ4v) is 2.36. The number of anilines is 1. The fourth-order valence-electron chi connectivity index (χ4n) is 1.53. The van der Waals surface area contributed by atoms with Crippen LogP contribution in [0.3, 0.4) is 0 Å². The number of aromatic nitrogens is 2. The van der Waals surface area contributed by atoms with Crippen LogP contribution in [0.5, 0.6) is 5.75 Å². The molecular weight excluding hydrogens is 262 g/mol. The van der Waals surface area contributed by atoms with E-state index in [0.29, 0.717) is 24.1 Å². The molecule has 0 aliphatic heterocycles. The average Bonchev–Trinajstić information content (AvgIpc) is 2.88. The van der Waals surface area contributed by atoms with Crippen molar-refractivity contribution in [2.24, 2.45) is 0 Å². The molecule has 0 amide bonds. The molecule has 2 N–H and O–H groups in total. The molecule has 1 aromatic carbocycles. The number of nitrogens with zero attached hydrogens (tertiary/aromatic N) is 2. The molecule has 0 unspecified atom stereocenters. The highest BCUT2D eigenvalue weighted by Crippen LogP contribution is 2.31. The Kier molecular flexibility index (Phi) is 4.68. The van der Waals surface area contributed by atoms with Gasteiger partial charge in [0.05, 0.1) is 12.4 Å². The summed E-state index contributed by atoms with van der Waals surface area (Å²) < 4.78 is 10.9. The third-order valence-corrected chi connectivity index (χ3v) is 3.51. The Hall–Kier alpha value is -1.69. The van der Waals surface area contributed by atoms with Crippen molar-refractivity contribution in [2.45, 2.75) is 30.9 Å². The maximum atomic E-state index is 5.94. The Morgan fingerprint density at radius 2 is 2.05 bits per heavy atom. The Labute approximate surface area is 116 Å². The van der Waals surface area contributed by atoms with Gasteiger partial charge in [0.2, 0.25) is 11.8 Å². The van der Waals surface area contributed by atoms with Crippen LogP contribution in [0.25, 0.3) is 0 Å². The number of nitrogens with two attached hydrogens (primary N) is 1. The van der Waals surface area contributed by atoms with E-state index in [-0.39, 0.29) is 0 Å². The van der Waals surface area contributed by atoms with Crippen molar-refractivity contribution in [3.63, 3.8) is 0 Å². The first-order valence-corrected chi connectivity index (χ1v) is 7.17. The van der Waals surface area contributed by atoms with Crippen molar-refractivity contribution in [1.29, 1.82) is 0 Å². The largest absolute Gasteiger partial charge is 0.494 e. The van der Waals surface area contributed by atoms with E-state index in [4.69, 9.17) is 14.9 Å². The monoisotopic (exact) mass is 279 g/mol. The molecule has 2 aromatic rings. The van der Waals surface area contributed by atoms with Gasteiger partial charge in [-0.2, -0.15) is 0 Å². The summed E-state index contributed by atoms with van der Waals surface area (Å²) in [5, 5.41) is 7.91. The molecule has 2 rings (SSSR count). The van der Waals surface area contributed by atoms with Gasteiger partial charge in [0.25, 0.3) is 0 Å². The molecule has 0 saturated carbocycles. The second-order valence-electron chi connectivity index (χ2n) is 3.86. The minimum Gasteiger partial charge on any atom is -0.494 e. The maximum Gasteiger partial charge on any atom is 0.226 e. The van der Waals surface area contributed by atoms with Crippen molar-refractivity contribution in [2.75, 3.05) is 12.3 Å². The average molecular weight is 279 g/mol. The molecule has 0 atom stereocenters. The summed E-state index contributed by atoms with van der Waals surface area (Å²) in [6, 6.07) is 5.64. The van der Waals surface area contributed by atoms with Gasteiger partial charge in [-0.15, -0.1) is 22.0 Å². The number of hydrogen-bond acceptors (Lipinski definition) is 6. The molecule has 6 heteroatoms. The van der Waals surface area contributed by atoms with Gasteiger partial charge in [0.15, 0.2) is 0 Å². The molecule has 0 spiro atoms. The van der Waals surface area contributed by atoms with E-state index in [2.05, 4.69) is 10.2 Å². The molecule has 0 aliphatic carbocycles. The zero-order valence-corrected chi connectivity index (χ0v) is 11.9. The molecule has 1 heterocycles. The van der Waals surface area contributed by atoms with E-state index in [9.17, 15) is 0 Å². The van der Waals surface area contributed by atoms with Crippen LogP contribution >= 0.6 is 11.8 Å². The number of hydrogen-bond donors (Lipinski definition) is 1. The smallest absolute Gasteiger partial charge is 0.226 e. The van der Waals surface area contributed by atoms with E-state index in [1.54, 1.807) is 11.8 Å². The molecule has 1 aromatic heterocycles. The molecule has 0 bridgehead atoms. The van der Waals surface area contributed by atoms with E-state index in [0.717, 1.165) is 22.8 Å². The second kappa shape index (κ2) is 6.47. The van der Waals surface area contributed by atoms with Crippen LogP contribution in [0.15, 0.2) is 27.5 Å². The van der Waals surface area contributed by atoms with Crippen LogP contribution in [0.1, 0.15) is 25.6 Å².